The summed E-state index contributed by atoms with van der Waals surface area (Å²) in [6.45, 7) is 4.18. The van der Waals surface area contributed by atoms with E-state index in [9.17, 15) is 4.79 Å². The zero-order chi connectivity index (χ0) is 15.3. The molecule has 0 saturated carbocycles. The molecule has 2 aromatic carbocycles. The van der Waals surface area contributed by atoms with E-state index in [-0.39, 0.29) is 5.91 Å². The predicted octanol–water partition coefficient (Wildman–Crippen LogP) is 3.96. The van der Waals surface area contributed by atoms with Gasteiger partial charge in [0, 0.05) is 0 Å². The number of nitrogens with two attached hydrogens (primary N) is 1. The second kappa shape index (κ2) is 6.57. The summed E-state index contributed by atoms with van der Waals surface area (Å²) in [5.74, 6) is -0.272. The molecule has 0 aliphatic rings. The molecule has 0 spiro atoms. The van der Waals surface area contributed by atoms with Gasteiger partial charge in [-0.3, -0.25) is 4.79 Å². The molecule has 0 aliphatic heterocycles. The Balaban J connectivity index is 2.61. The van der Waals surface area contributed by atoms with Crippen molar-refractivity contribution in [3.8, 4) is 0 Å². The second-order valence-electron chi connectivity index (χ2n) is 5.61. The minimum Gasteiger partial charge on any atom is -0.369 e. The topological polar surface area (TPSA) is 43.1 Å². The molecule has 110 valence electrons. The number of primary amides is 1. The molecule has 2 nitrogen and oxygen atoms in total. The Morgan fingerprint density at radius 3 is 2.10 bits per heavy atom. The normalized spacial score (nSPS) is 13.6. The van der Waals surface area contributed by atoms with Crippen molar-refractivity contribution in [2.24, 2.45) is 5.73 Å². The van der Waals surface area contributed by atoms with Crippen LogP contribution in [0.25, 0.3) is 0 Å². The average Bonchev–Trinajstić information content (AvgIpc) is 2.50. The molecule has 0 aromatic heterocycles. The van der Waals surface area contributed by atoms with Gasteiger partial charge in [-0.15, -0.1) is 0 Å². The fourth-order valence-corrected chi connectivity index (χ4v) is 2.87. The lowest BCUT2D eigenvalue weighted by Crippen LogP contribution is -2.42. The number of hydrogen-bond donors (Lipinski definition) is 1. The zero-order valence-corrected chi connectivity index (χ0v) is 12.8. The van der Waals surface area contributed by atoms with Crippen LogP contribution in [0.5, 0.6) is 0 Å². The third kappa shape index (κ3) is 2.99. The second-order valence-corrected chi connectivity index (χ2v) is 5.61. The van der Waals surface area contributed by atoms with Gasteiger partial charge in [0.2, 0.25) is 5.91 Å². The van der Waals surface area contributed by atoms with Crippen LogP contribution in [-0.4, -0.2) is 5.91 Å². The maximum atomic E-state index is 12.4. The number of amides is 1. The fraction of sp³-hybridized carbons (Fsp3) is 0.316. The molecule has 1 unspecified atom stereocenters. The maximum Gasteiger partial charge on any atom is 0.232 e. The lowest BCUT2D eigenvalue weighted by Gasteiger charge is -2.32. The van der Waals surface area contributed by atoms with Crippen LogP contribution in [-0.2, 0) is 10.2 Å². The Morgan fingerprint density at radius 2 is 1.57 bits per heavy atom. The summed E-state index contributed by atoms with van der Waals surface area (Å²) in [6, 6.07) is 18.0. The van der Waals surface area contributed by atoms with Crippen molar-refractivity contribution in [3.63, 3.8) is 0 Å². The number of carbonyl (C=O) groups is 1. The lowest BCUT2D eigenvalue weighted by atomic mass is 9.70. The van der Waals surface area contributed by atoms with E-state index in [1.807, 2.05) is 61.5 Å². The minimum absolute atomic E-state index is 0.272. The van der Waals surface area contributed by atoms with Crippen LogP contribution in [0.3, 0.4) is 0 Å². The number of carbonyl (C=O) groups excluding carboxylic acids is 1. The van der Waals surface area contributed by atoms with E-state index in [4.69, 9.17) is 5.73 Å². The molecule has 0 fully saturated rings. The van der Waals surface area contributed by atoms with Crippen molar-refractivity contribution in [2.45, 2.75) is 38.5 Å². The fourth-order valence-electron chi connectivity index (χ4n) is 2.87. The van der Waals surface area contributed by atoms with Crippen LogP contribution in [0.1, 0.15) is 42.9 Å². The van der Waals surface area contributed by atoms with Gasteiger partial charge in [-0.1, -0.05) is 79.9 Å². The first-order valence-corrected chi connectivity index (χ1v) is 7.54. The highest BCUT2D eigenvalue weighted by Crippen LogP contribution is 2.37. The standard InChI is InChI=1S/C19H23NO/c1-3-4-14-19(18(20)21,16-8-6-5-7-9-16)17-12-10-15(2)11-13-17/h5-13H,3-4,14H2,1-2H3,(H2,20,21). The van der Waals surface area contributed by atoms with Gasteiger partial charge >= 0.3 is 0 Å². The summed E-state index contributed by atoms with van der Waals surface area (Å²) >= 11 is 0. The van der Waals surface area contributed by atoms with Gasteiger partial charge < -0.3 is 5.73 Å². The van der Waals surface area contributed by atoms with Crippen molar-refractivity contribution in [2.75, 3.05) is 0 Å². The summed E-state index contributed by atoms with van der Waals surface area (Å²) in [5, 5.41) is 0. The van der Waals surface area contributed by atoms with Gasteiger partial charge in [-0.2, -0.15) is 0 Å². The molecule has 0 saturated heterocycles. The molecule has 1 amide bonds. The van der Waals surface area contributed by atoms with Gasteiger partial charge in [-0.25, -0.2) is 0 Å². The van der Waals surface area contributed by atoms with E-state index in [0.29, 0.717) is 0 Å². The number of rotatable bonds is 6. The highest BCUT2D eigenvalue weighted by Gasteiger charge is 2.39. The van der Waals surface area contributed by atoms with Crippen LogP contribution < -0.4 is 5.73 Å². The quantitative estimate of drug-likeness (QED) is 0.855. The Morgan fingerprint density at radius 1 is 1.00 bits per heavy atom. The molecule has 0 bridgehead atoms. The van der Waals surface area contributed by atoms with E-state index in [1.54, 1.807) is 0 Å². The molecule has 1 atom stereocenters. The number of hydrogen-bond acceptors (Lipinski definition) is 1. The molecule has 0 heterocycles. The van der Waals surface area contributed by atoms with Crippen molar-refractivity contribution in [1.82, 2.24) is 0 Å². The molecule has 2 rings (SSSR count). The summed E-state index contributed by atoms with van der Waals surface area (Å²) in [4.78, 5) is 12.4. The van der Waals surface area contributed by atoms with Crippen LogP contribution in [0.15, 0.2) is 54.6 Å². The maximum absolute atomic E-state index is 12.4. The molecule has 2 N–H and O–H groups in total. The number of unbranched alkanes of at least 4 members (excludes halogenated alkanes) is 1. The van der Waals surface area contributed by atoms with Crippen LogP contribution in [0.2, 0.25) is 0 Å². The molecule has 0 radical (unpaired) electrons. The monoisotopic (exact) mass is 281 g/mol. The van der Waals surface area contributed by atoms with Gasteiger partial charge in [0.1, 0.15) is 0 Å². The molecular formula is C19H23NO. The molecule has 21 heavy (non-hydrogen) atoms. The molecule has 0 aliphatic carbocycles. The third-order valence-electron chi connectivity index (χ3n) is 4.14. The molecule has 2 heteroatoms. The van der Waals surface area contributed by atoms with Gasteiger partial charge in [0.25, 0.3) is 0 Å². The first-order valence-electron chi connectivity index (χ1n) is 7.54. The first kappa shape index (κ1) is 15.3. The predicted molar refractivity (Wildman–Crippen MR) is 87.1 cm³/mol. The Kier molecular flexibility index (Phi) is 4.79. The Bertz CT molecular complexity index is 589. The highest BCUT2D eigenvalue weighted by molar-refractivity contribution is 5.90. The van der Waals surface area contributed by atoms with Crippen molar-refractivity contribution in [1.29, 1.82) is 0 Å². The SMILES string of the molecule is CCCCC(C(N)=O)(c1ccccc1)c1ccc(C)cc1. The van der Waals surface area contributed by atoms with Gasteiger partial charge in [0.15, 0.2) is 0 Å². The summed E-state index contributed by atoms with van der Waals surface area (Å²) in [6.07, 6.45) is 2.74. The molecule has 2 aromatic rings. The van der Waals surface area contributed by atoms with E-state index in [2.05, 4.69) is 6.92 Å². The van der Waals surface area contributed by atoms with Crippen LogP contribution >= 0.6 is 0 Å². The van der Waals surface area contributed by atoms with Crippen LogP contribution in [0.4, 0.5) is 0 Å². The minimum atomic E-state index is -0.731. The lowest BCUT2D eigenvalue weighted by molar-refractivity contribution is -0.122. The summed E-state index contributed by atoms with van der Waals surface area (Å²) in [7, 11) is 0. The van der Waals surface area contributed by atoms with Crippen molar-refractivity contribution >= 4 is 5.91 Å². The van der Waals surface area contributed by atoms with E-state index < -0.39 is 5.41 Å². The smallest absolute Gasteiger partial charge is 0.232 e. The molecular weight excluding hydrogens is 258 g/mol. The number of benzene rings is 2. The zero-order valence-electron chi connectivity index (χ0n) is 12.8. The van der Waals surface area contributed by atoms with Crippen LogP contribution in [0, 0.1) is 6.92 Å². The summed E-state index contributed by atoms with van der Waals surface area (Å²) in [5.41, 5.74) is 8.29. The number of aryl methyl sites for hydroxylation is 1. The third-order valence-corrected chi connectivity index (χ3v) is 4.14. The van der Waals surface area contributed by atoms with Crippen molar-refractivity contribution < 1.29 is 4.79 Å². The summed E-state index contributed by atoms with van der Waals surface area (Å²) < 4.78 is 0. The van der Waals surface area contributed by atoms with E-state index >= 15 is 0 Å². The van der Waals surface area contributed by atoms with Crippen molar-refractivity contribution in [3.05, 3.63) is 71.3 Å². The van der Waals surface area contributed by atoms with E-state index in [1.165, 1.54) is 5.56 Å². The van der Waals surface area contributed by atoms with Gasteiger partial charge in [0.05, 0.1) is 5.41 Å². The Labute approximate surface area is 127 Å². The van der Waals surface area contributed by atoms with E-state index in [0.717, 1.165) is 30.4 Å². The Hall–Kier alpha value is -2.09. The largest absolute Gasteiger partial charge is 0.369 e. The highest BCUT2D eigenvalue weighted by atomic mass is 16.1. The first-order chi connectivity index (χ1) is 10.1. The average molecular weight is 281 g/mol. The van der Waals surface area contributed by atoms with Gasteiger partial charge in [-0.05, 0) is 24.5 Å².